The van der Waals surface area contributed by atoms with Crippen molar-refractivity contribution in [2.24, 2.45) is 0 Å². The van der Waals surface area contributed by atoms with Crippen LogP contribution in [0.25, 0.3) is 0 Å². The maximum Gasteiger partial charge on any atom is 0.272 e. The molecule has 0 aromatic rings. The third-order valence-corrected chi connectivity index (χ3v) is 3.43. The summed E-state index contributed by atoms with van der Waals surface area (Å²) in [7, 11) is -3.44. The van der Waals surface area contributed by atoms with E-state index in [9.17, 15) is 8.42 Å². The van der Waals surface area contributed by atoms with Crippen LogP contribution in [-0.4, -0.2) is 31.5 Å². The van der Waals surface area contributed by atoms with Crippen molar-refractivity contribution in [3.05, 3.63) is 0 Å². The molecule has 1 fully saturated rings. The first-order valence-electron chi connectivity index (χ1n) is 3.10. The van der Waals surface area contributed by atoms with Crippen LogP contribution < -0.4 is 0 Å². The summed E-state index contributed by atoms with van der Waals surface area (Å²) in [6.07, 6.45) is -0.424. The van der Waals surface area contributed by atoms with Crippen LogP contribution in [0.2, 0.25) is 0 Å². The van der Waals surface area contributed by atoms with Crippen molar-refractivity contribution < 1.29 is 17.7 Å². The first kappa shape index (κ1) is 7.97. The van der Waals surface area contributed by atoms with Crippen molar-refractivity contribution in [1.82, 2.24) is 0 Å². The van der Waals surface area contributed by atoms with Crippen LogP contribution >= 0.6 is 0 Å². The molecule has 10 heavy (non-hydrogen) atoms. The zero-order valence-electron chi connectivity index (χ0n) is 5.65. The maximum absolute atomic E-state index is 10.8. The Hall–Kier alpha value is -0.130. The quantitative estimate of drug-likeness (QED) is 0.533. The van der Waals surface area contributed by atoms with Crippen LogP contribution in [0.3, 0.4) is 0 Å². The van der Waals surface area contributed by atoms with E-state index in [0.717, 1.165) is 0 Å². The highest BCUT2D eigenvalue weighted by molar-refractivity contribution is 7.87. The summed E-state index contributed by atoms with van der Waals surface area (Å²) in [4.78, 5) is 0. The van der Waals surface area contributed by atoms with E-state index >= 15 is 0 Å². The smallest absolute Gasteiger partial charge is 0.272 e. The molecular formula is C5H10O4S. The second-order valence-electron chi connectivity index (χ2n) is 2.38. The third kappa shape index (κ3) is 1.31. The highest BCUT2D eigenvalue weighted by atomic mass is 32.2. The predicted octanol–water partition coefficient (Wildman–Crippen LogP) is -0.514. The van der Waals surface area contributed by atoms with Crippen molar-refractivity contribution in [3.63, 3.8) is 0 Å². The fourth-order valence-corrected chi connectivity index (χ4v) is 2.37. The molecule has 4 nitrogen and oxygen atoms in total. The van der Waals surface area contributed by atoms with Gasteiger partial charge >= 0.3 is 0 Å². The molecule has 0 spiro atoms. The van der Waals surface area contributed by atoms with E-state index in [-0.39, 0.29) is 6.61 Å². The van der Waals surface area contributed by atoms with E-state index < -0.39 is 21.5 Å². The Bertz CT molecular complexity index is 206. The molecule has 0 aromatic heterocycles. The zero-order valence-corrected chi connectivity index (χ0v) is 6.47. The van der Waals surface area contributed by atoms with Gasteiger partial charge in [0.15, 0.2) is 0 Å². The highest BCUT2D eigenvalue weighted by Crippen LogP contribution is 2.20. The lowest BCUT2D eigenvalue weighted by Crippen LogP contribution is -2.27. The van der Waals surface area contributed by atoms with Crippen LogP contribution in [0.1, 0.15) is 13.3 Å². The SMILES string of the molecule is CC(O)C1CCOS1(=O)=O. The minimum absolute atomic E-state index is 0.206. The summed E-state index contributed by atoms with van der Waals surface area (Å²) in [5.74, 6) is 0. The minimum Gasteiger partial charge on any atom is -0.392 e. The second-order valence-corrected chi connectivity index (χ2v) is 4.21. The van der Waals surface area contributed by atoms with Crippen LogP contribution in [-0.2, 0) is 14.3 Å². The van der Waals surface area contributed by atoms with Crippen molar-refractivity contribution in [1.29, 1.82) is 0 Å². The molecule has 1 aliphatic rings. The van der Waals surface area contributed by atoms with Crippen LogP contribution in [0, 0.1) is 0 Å². The monoisotopic (exact) mass is 166 g/mol. The molecule has 0 aliphatic carbocycles. The van der Waals surface area contributed by atoms with E-state index in [4.69, 9.17) is 5.11 Å². The Morgan fingerprint density at radius 3 is 2.50 bits per heavy atom. The van der Waals surface area contributed by atoms with Gasteiger partial charge in [-0.25, -0.2) is 0 Å². The molecule has 2 atom stereocenters. The molecule has 1 aliphatic heterocycles. The van der Waals surface area contributed by atoms with Gasteiger partial charge in [0.25, 0.3) is 10.1 Å². The molecule has 0 amide bonds. The van der Waals surface area contributed by atoms with Gasteiger partial charge in [0.05, 0.1) is 12.7 Å². The van der Waals surface area contributed by atoms with Crippen molar-refractivity contribution in [2.45, 2.75) is 24.7 Å². The van der Waals surface area contributed by atoms with Crippen LogP contribution in [0.4, 0.5) is 0 Å². The summed E-state index contributed by atoms with van der Waals surface area (Å²) < 4.78 is 26.1. The normalized spacial score (nSPS) is 34.0. The second kappa shape index (κ2) is 2.48. The molecule has 0 radical (unpaired) electrons. The lowest BCUT2D eigenvalue weighted by Gasteiger charge is -2.08. The van der Waals surface area contributed by atoms with E-state index in [1.165, 1.54) is 6.92 Å². The molecular weight excluding hydrogens is 156 g/mol. The average Bonchev–Trinajstić information content (AvgIpc) is 2.08. The largest absolute Gasteiger partial charge is 0.392 e. The van der Waals surface area contributed by atoms with Crippen LogP contribution in [0.5, 0.6) is 0 Å². The first-order valence-corrected chi connectivity index (χ1v) is 4.57. The van der Waals surface area contributed by atoms with Gasteiger partial charge in [-0.2, -0.15) is 8.42 Å². The Morgan fingerprint density at radius 2 is 2.30 bits per heavy atom. The van der Waals surface area contributed by atoms with Gasteiger partial charge in [0, 0.05) is 0 Å². The molecule has 0 aromatic carbocycles. The summed E-state index contributed by atoms with van der Waals surface area (Å²) in [6.45, 7) is 1.66. The number of hydrogen-bond acceptors (Lipinski definition) is 4. The molecule has 1 rings (SSSR count). The van der Waals surface area contributed by atoms with E-state index in [1.54, 1.807) is 0 Å². The molecule has 60 valence electrons. The summed E-state index contributed by atoms with van der Waals surface area (Å²) in [5.41, 5.74) is 0. The topological polar surface area (TPSA) is 63.6 Å². The van der Waals surface area contributed by atoms with Gasteiger partial charge in [-0.05, 0) is 13.3 Å². The lowest BCUT2D eigenvalue weighted by molar-refractivity contribution is 0.188. The zero-order chi connectivity index (χ0) is 7.78. The average molecular weight is 166 g/mol. The van der Waals surface area contributed by atoms with E-state index in [1.807, 2.05) is 0 Å². The molecule has 0 bridgehead atoms. The van der Waals surface area contributed by atoms with Crippen LogP contribution in [0.15, 0.2) is 0 Å². The fourth-order valence-electron chi connectivity index (χ4n) is 0.995. The Kier molecular flexibility index (Phi) is 1.98. The summed E-state index contributed by atoms with van der Waals surface area (Å²) >= 11 is 0. The number of rotatable bonds is 1. The number of aliphatic hydroxyl groups excluding tert-OH is 1. The predicted molar refractivity (Wildman–Crippen MR) is 35.0 cm³/mol. The van der Waals surface area contributed by atoms with Gasteiger partial charge in [-0.1, -0.05) is 0 Å². The summed E-state index contributed by atoms with van der Waals surface area (Å²) in [6, 6.07) is 0. The first-order chi connectivity index (χ1) is 4.54. The lowest BCUT2D eigenvalue weighted by atomic mass is 10.2. The van der Waals surface area contributed by atoms with E-state index in [2.05, 4.69) is 4.18 Å². The molecule has 0 saturated carbocycles. The maximum atomic E-state index is 10.8. The van der Waals surface area contributed by atoms with Crippen molar-refractivity contribution in [3.8, 4) is 0 Å². The van der Waals surface area contributed by atoms with Crippen molar-refractivity contribution >= 4 is 10.1 Å². The van der Waals surface area contributed by atoms with Gasteiger partial charge in [-0.15, -0.1) is 0 Å². The molecule has 1 saturated heterocycles. The molecule has 5 heteroatoms. The molecule has 1 heterocycles. The third-order valence-electron chi connectivity index (χ3n) is 1.56. The Balaban J connectivity index is 2.79. The Morgan fingerprint density at radius 1 is 1.70 bits per heavy atom. The van der Waals surface area contributed by atoms with Crippen molar-refractivity contribution in [2.75, 3.05) is 6.61 Å². The Labute approximate surface area is 59.9 Å². The van der Waals surface area contributed by atoms with Gasteiger partial charge in [-0.3, -0.25) is 4.18 Å². The highest BCUT2D eigenvalue weighted by Gasteiger charge is 2.36. The number of aliphatic hydroxyl groups is 1. The van der Waals surface area contributed by atoms with Gasteiger partial charge in [0.2, 0.25) is 0 Å². The molecule has 1 N–H and O–H groups in total. The molecule has 2 unspecified atom stereocenters. The standard InChI is InChI=1S/C5H10O4S/c1-4(6)5-2-3-9-10(5,7)8/h4-6H,2-3H2,1H3. The van der Waals surface area contributed by atoms with Gasteiger partial charge < -0.3 is 5.11 Å². The van der Waals surface area contributed by atoms with E-state index in [0.29, 0.717) is 6.42 Å². The fraction of sp³-hybridized carbons (Fsp3) is 1.00. The number of hydrogen-bond donors (Lipinski definition) is 1. The summed E-state index contributed by atoms with van der Waals surface area (Å²) in [5, 5.41) is 8.21. The minimum atomic E-state index is -3.44. The van der Waals surface area contributed by atoms with Gasteiger partial charge in [0.1, 0.15) is 5.25 Å².